The molecule has 1 heterocycles. The van der Waals surface area contributed by atoms with E-state index in [1.807, 2.05) is 0 Å². The Balaban J connectivity index is 0.00000261. The molecule has 1 atom stereocenters. The number of H-pyrrole nitrogens is 2. The standard InChI is InChI=1S/C18H21N3O5.ClH/c22-12(10-19-8-9-25-15-6-2-1-5-14(15)23)11-26-16-7-3-4-13-17(16)21-18(24)20-13;/h1-7,12,19,22-23H,8-11H2,(H2,20,21,24);1H. The van der Waals surface area contributed by atoms with Gasteiger partial charge in [-0.15, -0.1) is 12.4 Å². The number of benzene rings is 2. The van der Waals surface area contributed by atoms with E-state index in [-0.39, 0.29) is 30.5 Å². The van der Waals surface area contributed by atoms with Crippen LogP contribution in [0.2, 0.25) is 0 Å². The number of phenolic OH excluding ortho intramolecular Hbond substituents is 1. The van der Waals surface area contributed by atoms with E-state index < -0.39 is 6.10 Å². The zero-order valence-electron chi connectivity index (χ0n) is 14.5. The van der Waals surface area contributed by atoms with Gasteiger partial charge in [0.15, 0.2) is 11.5 Å². The van der Waals surface area contributed by atoms with Crippen molar-refractivity contribution in [2.24, 2.45) is 0 Å². The molecule has 1 unspecified atom stereocenters. The molecule has 8 nitrogen and oxygen atoms in total. The molecule has 146 valence electrons. The molecule has 27 heavy (non-hydrogen) atoms. The maximum atomic E-state index is 11.4. The molecular formula is C18H22ClN3O5. The molecule has 3 rings (SSSR count). The summed E-state index contributed by atoms with van der Waals surface area (Å²) in [6, 6.07) is 12.0. The molecule has 1 aromatic heterocycles. The van der Waals surface area contributed by atoms with Crippen molar-refractivity contribution in [1.29, 1.82) is 0 Å². The number of rotatable bonds is 9. The summed E-state index contributed by atoms with van der Waals surface area (Å²) in [6.45, 7) is 1.27. The van der Waals surface area contributed by atoms with Gasteiger partial charge in [0.2, 0.25) is 0 Å². The number of ether oxygens (including phenoxy) is 2. The number of phenols is 1. The summed E-state index contributed by atoms with van der Waals surface area (Å²) in [4.78, 5) is 16.7. The van der Waals surface area contributed by atoms with Crippen molar-refractivity contribution in [2.45, 2.75) is 6.10 Å². The Morgan fingerprint density at radius 1 is 1.04 bits per heavy atom. The Morgan fingerprint density at radius 2 is 1.81 bits per heavy atom. The quantitative estimate of drug-likeness (QED) is 0.349. The summed E-state index contributed by atoms with van der Waals surface area (Å²) in [6.07, 6.45) is -0.721. The van der Waals surface area contributed by atoms with E-state index in [1.165, 1.54) is 0 Å². The Labute approximate surface area is 161 Å². The first-order valence-corrected chi connectivity index (χ1v) is 8.27. The van der Waals surface area contributed by atoms with Gasteiger partial charge in [-0.3, -0.25) is 0 Å². The van der Waals surface area contributed by atoms with Crippen molar-refractivity contribution in [3.63, 3.8) is 0 Å². The first-order chi connectivity index (χ1) is 12.6. The molecule has 3 aromatic rings. The second-order valence-electron chi connectivity index (χ2n) is 5.74. The van der Waals surface area contributed by atoms with Gasteiger partial charge in [0.1, 0.15) is 30.6 Å². The van der Waals surface area contributed by atoms with Gasteiger partial charge in [-0.2, -0.15) is 0 Å². The van der Waals surface area contributed by atoms with Crippen LogP contribution in [-0.4, -0.2) is 52.6 Å². The van der Waals surface area contributed by atoms with Crippen molar-refractivity contribution >= 4 is 23.4 Å². The third-order valence-electron chi connectivity index (χ3n) is 3.73. The van der Waals surface area contributed by atoms with Gasteiger partial charge < -0.3 is 35.0 Å². The third-order valence-corrected chi connectivity index (χ3v) is 3.73. The molecule has 0 amide bonds. The van der Waals surface area contributed by atoms with E-state index in [9.17, 15) is 15.0 Å². The number of aromatic nitrogens is 2. The highest BCUT2D eigenvalue weighted by Gasteiger charge is 2.09. The third kappa shape index (κ3) is 5.65. The number of aromatic amines is 2. The van der Waals surface area contributed by atoms with Crippen molar-refractivity contribution < 1.29 is 19.7 Å². The summed E-state index contributed by atoms with van der Waals surface area (Å²) >= 11 is 0. The van der Waals surface area contributed by atoms with Gasteiger partial charge in [0, 0.05) is 13.1 Å². The molecule has 0 fully saturated rings. The van der Waals surface area contributed by atoms with Gasteiger partial charge in [-0.1, -0.05) is 18.2 Å². The monoisotopic (exact) mass is 395 g/mol. The summed E-state index contributed by atoms with van der Waals surface area (Å²) < 4.78 is 11.0. The highest BCUT2D eigenvalue weighted by atomic mass is 35.5. The molecule has 0 saturated carbocycles. The Bertz CT molecular complexity index is 911. The molecule has 0 saturated heterocycles. The maximum Gasteiger partial charge on any atom is 0.323 e. The molecule has 0 spiro atoms. The van der Waals surface area contributed by atoms with Gasteiger partial charge in [-0.05, 0) is 24.3 Å². The van der Waals surface area contributed by atoms with Crippen LogP contribution in [0.15, 0.2) is 47.3 Å². The highest BCUT2D eigenvalue weighted by Crippen LogP contribution is 2.24. The number of aliphatic hydroxyl groups is 1. The van der Waals surface area contributed by atoms with E-state index >= 15 is 0 Å². The lowest BCUT2D eigenvalue weighted by atomic mass is 10.3. The fourth-order valence-corrected chi connectivity index (χ4v) is 2.48. The van der Waals surface area contributed by atoms with Crippen LogP contribution in [0.4, 0.5) is 0 Å². The van der Waals surface area contributed by atoms with E-state index in [4.69, 9.17) is 9.47 Å². The number of nitrogens with one attached hydrogen (secondary N) is 3. The number of fused-ring (bicyclic) bond motifs is 1. The van der Waals surface area contributed by atoms with Gasteiger partial charge in [0.05, 0.1) is 5.52 Å². The largest absolute Gasteiger partial charge is 0.504 e. The zero-order valence-corrected chi connectivity index (χ0v) is 15.3. The highest BCUT2D eigenvalue weighted by molar-refractivity contribution is 5.85. The first-order valence-electron chi connectivity index (χ1n) is 8.27. The summed E-state index contributed by atoms with van der Waals surface area (Å²) in [7, 11) is 0. The number of aliphatic hydroxyl groups excluding tert-OH is 1. The zero-order chi connectivity index (χ0) is 18.4. The lowest BCUT2D eigenvalue weighted by Gasteiger charge is -2.14. The fraction of sp³-hybridized carbons (Fsp3) is 0.278. The maximum absolute atomic E-state index is 11.4. The van der Waals surface area contributed by atoms with E-state index in [1.54, 1.807) is 42.5 Å². The number of imidazole rings is 1. The minimum Gasteiger partial charge on any atom is -0.504 e. The lowest BCUT2D eigenvalue weighted by Crippen LogP contribution is -2.33. The van der Waals surface area contributed by atoms with Gasteiger partial charge >= 0.3 is 5.69 Å². The molecule has 0 aliphatic rings. The number of aromatic hydroxyl groups is 1. The van der Waals surface area contributed by atoms with Crippen LogP contribution in [-0.2, 0) is 0 Å². The normalized spacial score (nSPS) is 11.7. The molecule has 2 aromatic carbocycles. The van der Waals surface area contributed by atoms with Crippen LogP contribution < -0.4 is 20.5 Å². The van der Waals surface area contributed by atoms with E-state index in [0.29, 0.717) is 42.2 Å². The minimum atomic E-state index is -0.721. The van der Waals surface area contributed by atoms with E-state index in [0.717, 1.165) is 0 Å². The predicted octanol–water partition coefficient (Wildman–Crippen LogP) is 1.39. The van der Waals surface area contributed by atoms with Crippen LogP contribution in [0.5, 0.6) is 17.2 Å². The van der Waals surface area contributed by atoms with Crippen LogP contribution >= 0.6 is 12.4 Å². The van der Waals surface area contributed by atoms with Gasteiger partial charge in [0.25, 0.3) is 0 Å². The van der Waals surface area contributed by atoms with Crippen molar-refractivity contribution in [1.82, 2.24) is 15.3 Å². The summed E-state index contributed by atoms with van der Waals surface area (Å²) in [5.74, 6) is 1.02. The average molecular weight is 396 g/mol. The Kier molecular flexibility index (Phi) is 7.54. The molecule has 5 N–H and O–H groups in total. The fourth-order valence-electron chi connectivity index (χ4n) is 2.48. The van der Waals surface area contributed by atoms with Crippen LogP contribution in [0.25, 0.3) is 11.0 Å². The predicted molar refractivity (Wildman–Crippen MR) is 104 cm³/mol. The second kappa shape index (κ2) is 9.86. The average Bonchev–Trinajstić information content (AvgIpc) is 3.02. The SMILES string of the molecule is Cl.O=c1[nH]c2cccc(OCC(O)CNCCOc3ccccc3O)c2[nH]1. The van der Waals surface area contributed by atoms with Crippen LogP contribution in [0, 0.1) is 0 Å². The number of para-hydroxylation sites is 3. The van der Waals surface area contributed by atoms with E-state index in [2.05, 4.69) is 15.3 Å². The molecule has 9 heteroatoms. The van der Waals surface area contributed by atoms with Crippen molar-refractivity contribution in [2.75, 3.05) is 26.3 Å². The first kappa shape index (κ1) is 20.6. The minimum absolute atomic E-state index is 0. The Morgan fingerprint density at radius 3 is 2.63 bits per heavy atom. The lowest BCUT2D eigenvalue weighted by molar-refractivity contribution is 0.106. The number of hydrogen-bond donors (Lipinski definition) is 5. The van der Waals surface area contributed by atoms with Crippen molar-refractivity contribution in [3.05, 3.63) is 52.9 Å². The molecule has 0 radical (unpaired) electrons. The Hall–Kier alpha value is -2.68. The smallest absolute Gasteiger partial charge is 0.323 e. The van der Waals surface area contributed by atoms with Crippen LogP contribution in [0.1, 0.15) is 0 Å². The molecule has 0 bridgehead atoms. The summed E-state index contributed by atoms with van der Waals surface area (Å²) in [5.41, 5.74) is 0.929. The molecule has 0 aliphatic carbocycles. The second-order valence-corrected chi connectivity index (χ2v) is 5.74. The molecule has 0 aliphatic heterocycles. The summed E-state index contributed by atoms with van der Waals surface area (Å²) in [5, 5.41) is 22.6. The van der Waals surface area contributed by atoms with Crippen LogP contribution in [0.3, 0.4) is 0 Å². The topological polar surface area (TPSA) is 120 Å². The number of halogens is 1. The number of hydrogen-bond acceptors (Lipinski definition) is 6. The molecular weight excluding hydrogens is 374 g/mol. The van der Waals surface area contributed by atoms with Crippen molar-refractivity contribution in [3.8, 4) is 17.2 Å². The van der Waals surface area contributed by atoms with Gasteiger partial charge in [-0.25, -0.2) is 4.79 Å².